The number of hydrogen-bond acceptors (Lipinski definition) is 4. The summed E-state index contributed by atoms with van der Waals surface area (Å²) < 4.78 is 11.2. The first-order chi connectivity index (χ1) is 8.15. The largest absolute Gasteiger partial charge is 0.490 e. The lowest BCUT2D eigenvalue weighted by atomic mass is 9.95. The summed E-state index contributed by atoms with van der Waals surface area (Å²) in [6.07, 6.45) is 2.93. The van der Waals surface area contributed by atoms with Gasteiger partial charge in [-0.05, 0) is 39.3 Å². The molecule has 1 fully saturated rings. The zero-order chi connectivity index (χ0) is 12.3. The molecule has 4 nitrogen and oxygen atoms in total. The fourth-order valence-corrected chi connectivity index (χ4v) is 2.03. The lowest BCUT2D eigenvalue weighted by Crippen LogP contribution is -2.41. The number of rotatable bonds is 4. The third-order valence-corrected chi connectivity index (χ3v) is 3.36. The molecule has 4 heteroatoms. The molecule has 1 aromatic heterocycles. The first-order valence-electron chi connectivity index (χ1n) is 6.13. The minimum Gasteiger partial charge on any atom is -0.490 e. The Morgan fingerprint density at radius 3 is 3.12 bits per heavy atom. The maximum absolute atomic E-state index is 5.61. The molecule has 1 saturated heterocycles. The van der Waals surface area contributed by atoms with Crippen molar-refractivity contribution >= 4 is 5.82 Å². The lowest BCUT2D eigenvalue weighted by molar-refractivity contribution is 0.105. The molecule has 1 aliphatic rings. The average molecular weight is 236 g/mol. The van der Waals surface area contributed by atoms with Crippen molar-refractivity contribution in [1.82, 2.24) is 4.98 Å². The van der Waals surface area contributed by atoms with Crippen LogP contribution in [0.1, 0.15) is 27.2 Å². The summed E-state index contributed by atoms with van der Waals surface area (Å²) in [5.74, 6) is 1.60. The number of ether oxygens (including phenoxy) is 2. The van der Waals surface area contributed by atoms with Crippen molar-refractivity contribution in [3.8, 4) is 5.75 Å². The fraction of sp³-hybridized carbons (Fsp3) is 0.615. The van der Waals surface area contributed by atoms with Gasteiger partial charge in [-0.15, -0.1) is 0 Å². The number of anilines is 1. The summed E-state index contributed by atoms with van der Waals surface area (Å²) >= 11 is 0. The van der Waals surface area contributed by atoms with Crippen LogP contribution in [0, 0.1) is 0 Å². The molecule has 1 aliphatic heterocycles. The molecule has 0 saturated carbocycles. The van der Waals surface area contributed by atoms with Crippen LogP contribution < -0.4 is 10.1 Å². The molecule has 94 valence electrons. The molecule has 2 heterocycles. The smallest absolute Gasteiger partial charge is 0.169 e. The van der Waals surface area contributed by atoms with E-state index in [1.807, 2.05) is 19.1 Å². The van der Waals surface area contributed by atoms with Crippen LogP contribution in [0.3, 0.4) is 0 Å². The Hall–Kier alpha value is -1.29. The van der Waals surface area contributed by atoms with Gasteiger partial charge in [0.25, 0.3) is 0 Å². The normalized spacial score (nSPS) is 28.1. The zero-order valence-electron chi connectivity index (χ0n) is 10.7. The molecule has 0 radical (unpaired) electrons. The molecule has 0 amide bonds. The average Bonchev–Trinajstić information content (AvgIpc) is 2.62. The van der Waals surface area contributed by atoms with Crippen molar-refractivity contribution in [2.45, 2.75) is 38.8 Å². The second-order valence-corrected chi connectivity index (χ2v) is 4.59. The number of nitrogens with one attached hydrogen (secondary N) is 1. The highest BCUT2D eigenvalue weighted by atomic mass is 16.5. The quantitative estimate of drug-likeness (QED) is 0.872. The van der Waals surface area contributed by atoms with Gasteiger partial charge in [-0.25, -0.2) is 4.98 Å². The van der Waals surface area contributed by atoms with Crippen LogP contribution in [0.25, 0.3) is 0 Å². The van der Waals surface area contributed by atoms with Crippen LogP contribution >= 0.6 is 0 Å². The summed E-state index contributed by atoms with van der Waals surface area (Å²) in [6, 6.07) is 3.82. The maximum Gasteiger partial charge on any atom is 0.169 e. The molecular weight excluding hydrogens is 216 g/mol. The predicted octanol–water partition coefficient (Wildman–Crippen LogP) is 2.46. The molecule has 0 bridgehead atoms. The molecule has 17 heavy (non-hydrogen) atoms. The lowest BCUT2D eigenvalue weighted by Gasteiger charge is -2.30. The summed E-state index contributed by atoms with van der Waals surface area (Å²) in [5, 5.41) is 3.46. The molecule has 1 aromatic rings. The van der Waals surface area contributed by atoms with E-state index in [-0.39, 0.29) is 11.6 Å². The Morgan fingerprint density at radius 2 is 2.47 bits per heavy atom. The first kappa shape index (κ1) is 12.2. The van der Waals surface area contributed by atoms with Crippen LogP contribution in [0.15, 0.2) is 18.3 Å². The van der Waals surface area contributed by atoms with Gasteiger partial charge in [0.2, 0.25) is 0 Å². The summed E-state index contributed by atoms with van der Waals surface area (Å²) in [5.41, 5.74) is -0.0692. The molecule has 0 spiro atoms. The predicted molar refractivity (Wildman–Crippen MR) is 67.5 cm³/mol. The minimum absolute atomic E-state index is 0.0692. The van der Waals surface area contributed by atoms with E-state index in [9.17, 15) is 0 Å². The highest BCUT2D eigenvalue weighted by Crippen LogP contribution is 2.32. The zero-order valence-corrected chi connectivity index (χ0v) is 10.7. The van der Waals surface area contributed by atoms with Gasteiger partial charge in [0.15, 0.2) is 11.6 Å². The summed E-state index contributed by atoms with van der Waals surface area (Å²) in [6.45, 7) is 7.66. The van der Waals surface area contributed by atoms with E-state index >= 15 is 0 Å². The van der Waals surface area contributed by atoms with Crippen LogP contribution in [-0.4, -0.2) is 29.8 Å². The van der Waals surface area contributed by atoms with E-state index < -0.39 is 0 Å². The van der Waals surface area contributed by atoms with Crippen molar-refractivity contribution < 1.29 is 9.47 Å². The van der Waals surface area contributed by atoms with Gasteiger partial charge in [0.05, 0.1) is 18.2 Å². The molecule has 1 N–H and O–H groups in total. The van der Waals surface area contributed by atoms with E-state index in [0.29, 0.717) is 6.61 Å². The molecule has 0 aromatic carbocycles. The highest BCUT2D eigenvalue weighted by Gasteiger charge is 2.37. The van der Waals surface area contributed by atoms with Gasteiger partial charge >= 0.3 is 0 Å². The number of aromatic nitrogens is 1. The van der Waals surface area contributed by atoms with Crippen LogP contribution in [0.2, 0.25) is 0 Å². The van der Waals surface area contributed by atoms with Gasteiger partial charge in [0.1, 0.15) is 0 Å². The van der Waals surface area contributed by atoms with E-state index in [0.717, 1.165) is 24.6 Å². The number of hydrogen-bond donors (Lipinski definition) is 1. The molecular formula is C13H20N2O2. The standard InChI is InChI=1S/C13H20N2O2/c1-4-16-11-6-5-8-14-12(11)15-13(3)7-9-17-10(13)2/h5-6,8,10H,4,7,9H2,1-3H3,(H,14,15). The van der Waals surface area contributed by atoms with Crippen LogP contribution in [0.5, 0.6) is 5.75 Å². The fourth-order valence-electron chi connectivity index (χ4n) is 2.03. The van der Waals surface area contributed by atoms with Crippen molar-refractivity contribution in [1.29, 1.82) is 0 Å². The highest BCUT2D eigenvalue weighted by molar-refractivity contribution is 5.51. The topological polar surface area (TPSA) is 43.4 Å². The van der Waals surface area contributed by atoms with Crippen molar-refractivity contribution in [3.05, 3.63) is 18.3 Å². The molecule has 2 unspecified atom stereocenters. The minimum atomic E-state index is -0.0692. The van der Waals surface area contributed by atoms with E-state index in [2.05, 4.69) is 24.1 Å². The van der Waals surface area contributed by atoms with Gasteiger partial charge in [-0.2, -0.15) is 0 Å². The third-order valence-electron chi connectivity index (χ3n) is 3.36. The SMILES string of the molecule is CCOc1cccnc1NC1(C)CCOC1C. The van der Waals surface area contributed by atoms with Gasteiger partial charge in [-0.3, -0.25) is 0 Å². The van der Waals surface area contributed by atoms with E-state index in [1.165, 1.54) is 0 Å². The molecule has 2 atom stereocenters. The maximum atomic E-state index is 5.61. The van der Waals surface area contributed by atoms with Crippen molar-refractivity contribution in [2.24, 2.45) is 0 Å². The molecule has 0 aliphatic carbocycles. The Kier molecular flexibility index (Phi) is 3.52. The van der Waals surface area contributed by atoms with Gasteiger partial charge in [0, 0.05) is 12.8 Å². The summed E-state index contributed by atoms with van der Waals surface area (Å²) in [4.78, 5) is 4.35. The Balaban J connectivity index is 2.17. The first-order valence-corrected chi connectivity index (χ1v) is 6.13. The number of pyridine rings is 1. The van der Waals surface area contributed by atoms with Crippen molar-refractivity contribution in [3.63, 3.8) is 0 Å². The molecule has 2 rings (SSSR count). The van der Waals surface area contributed by atoms with Gasteiger partial charge in [-0.1, -0.05) is 0 Å². The van der Waals surface area contributed by atoms with E-state index in [1.54, 1.807) is 6.20 Å². The Bertz CT molecular complexity index is 383. The Morgan fingerprint density at radius 1 is 1.65 bits per heavy atom. The van der Waals surface area contributed by atoms with Gasteiger partial charge < -0.3 is 14.8 Å². The van der Waals surface area contributed by atoms with Crippen molar-refractivity contribution in [2.75, 3.05) is 18.5 Å². The second-order valence-electron chi connectivity index (χ2n) is 4.59. The third kappa shape index (κ3) is 2.52. The van der Waals surface area contributed by atoms with E-state index in [4.69, 9.17) is 9.47 Å². The Labute approximate surface area is 102 Å². The van der Waals surface area contributed by atoms with Crippen LogP contribution in [0.4, 0.5) is 5.82 Å². The monoisotopic (exact) mass is 236 g/mol. The van der Waals surface area contributed by atoms with Crippen LogP contribution in [-0.2, 0) is 4.74 Å². The second kappa shape index (κ2) is 4.92. The number of nitrogens with zero attached hydrogens (tertiary/aromatic N) is 1. The summed E-state index contributed by atoms with van der Waals surface area (Å²) in [7, 11) is 0.